The van der Waals surface area contributed by atoms with E-state index in [0.717, 1.165) is 10.5 Å². The van der Waals surface area contributed by atoms with E-state index in [4.69, 9.17) is 11.6 Å². The molecule has 0 unspecified atom stereocenters. The first-order chi connectivity index (χ1) is 11.5. The molecule has 24 heavy (non-hydrogen) atoms. The minimum absolute atomic E-state index is 0.103. The van der Waals surface area contributed by atoms with E-state index >= 15 is 0 Å². The van der Waals surface area contributed by atoms with Crippen molar-refractivity contribution < 1.29 is 14.4 Å². The Hall–Kier alpha value is -2.92. The molecule has 1 heterocycles. The molecule has 5 nitrogen and oxygen atoms in total. The third-order valence-electron chi connectivity index (χ3n) is 3.57. The summed E-state index contributed by atoms with van der Waals surface area (Å²) in [6, 6.07) is 12.8. The van der Waals surface area contributed by atoms with E-state index in [9.17, 15) is 14.4 Å². The van der Waals surface area contributed by atoms with Crippen molar-refractivity contribution in [3.8, 4) is 0 Å². The Balaban J connectivity index is 1.99. The molecule has 0 aromatic heterocycles. The summed E-state index contributed by atoms with van der Waals surface area (Å²) >= 11 is 5.83. The van der Waals surface area contributed by atoms with Crippen LogP contribution in [-0.4, -0.2) is 17.8 Å². The van der Waals surface area contributed by atoms with Gasteiger partial charge in [-0.25, -0.2) is 9.69 Å². The molecule has 2 aromatic rings. The number of hydrogen-bond acceptors (Lipinski definition) is 3. The highest BCUT2D eigenvalue weighted by Crippen LogP contribution is 2.23. The molecular formula is C18H13ClN2O3. The number of anilines is 1. The number of barbiturate groups is 1. The number of hydrogen-bond donors (Lipinski definition) is 1. The van der Waals surface area contributed by atoms with Crippen LogP contribution in [0.15, 0.2) is 54.1 Å². The highest BCUT2D eigenvalue weighted by molar-refractivity contribution is 6.39. The summed E-state index contributed by atoms with van der Waals surface area (Å²) in [7, 11) is 0. The van der Waals surface area contributed by atoms with Crippen LogP contribution in [-0.2, 0) is 9.59 Å². The van der Waals surface area contributed by atoms with E-state index in [0.29, 0.717) is 16.3 Å². The van der Waals surface area contributed by atoms with Crippen LogP contribution in [0, 0.1) is 6.92 Å². The Labute approximate surface area is 143 Å². The molecular weight excluding hydrogens is 328 g/mol. The van der Waals surface area contributed by atoms with Crippen molar-refractivity contribution in [1.29, 1.82) is 0 Å². The second-order valence-electron chi connectivity index (χ2n) is 5.34. The molecule has 0 spiro atoms. The largest absolute Gasteiger partial charge is 0.335 e. The van der Waals surface area contributed by atoms with E-state index in [1.165, 1.54) is 6.08 Å². The lowest BCUT2D eigenvalue weighted by Crippen LogP contribution is -2.54. The third kappa shape index (κ3) is 3.07. The van der Waals surface area contributed by atoms with Gasteiger partial charge in [0.1, 0.15) is 5.57 Å². The van der Waals surface area contributed by atoms with E-state index in [1.54, 1.807) is 36.4 Å². The first-order valence-corrected chi connectivity index (χ1v) is 7.57. The van der Waals surface area contributed by atoms with Gasteiger partial charge in [-0.1, -0.05) is 41.4 Å². The van der Waals surface area contributed by atoms with Crippen molar-refractivity contribution in [2.45, 2.75) is 6.92 Å². The number of aryl methyl sites for hydroxylation is 1. The Bertz CT molecular complexity index is 855. The van der Waals surface area contributed by atoms with Crippen molar-refractivity contribution >= 4 is 41.2 Å². The van der Waals surface area contributed by atoms with Crippen LogP contribution in [0.3, 0.4) is 0 Å². The first-order valence-electron chi connectivity index (χ1n) is 7.19. The predicted octanol–water partition coefficient (Wildman–Crippen LogP) is 3.31. The molecule has 6 heteroatoms. The summed E-state index contributed by atoms with van der Waals surface area (Å²) < 4.78 is 0. The van der Waals surface area contributed by atoms with Gasteiger partial charge in [-0.05, 0) is 42.8 Å². The standard InChI is InChI=1S/C18H13ClN2O3/c1-11-2-4-12(5-3-11)10-15-16(22)20-18(24)21(17(15)23)14-8-6-13(19)7-9-14/h2-10H,1H3,(H,20,22,24)/b15-10-. The number of rotatable bonds is 2. The zero-order valence-electron chi connectivity index (χ0n) is 12.7. The SMILES string of the molecule is Cc1ccc(/C=C2/C(=O)NC(=O)N(c3ccc(Cl)cc3)C2=O)cc1. The first kappa shape index (κ1) is 16.0. The highest BCUT2D eigenvalue weighted by Gasteiger charge is 2.36. The molecule has 0 atom stereocenters. The molecule has 4 amide bonds. The van der Waals surface area contributed by atoms with Crippen LogP contribution in [0.4, 0.5) is 10.5 Å². The van der Waals surface area contributed by atoms with Gasteiger partial charge in [-0.15, -0.1) is 0 Å². The smallest absolute Gasteiger partial charge is 0.273 e. The molecule has 0 bridgehead atoms. The lowest BCUT2D eigenvalue weighted by molar-refractivity contribution is -0.122. The van der Waals surface area contributed by atoms with Crippen LogP contribution >= 0.6 is 11.6 Å². The van der Waals surface area contributed by atoms with Crippen LogP contribution in [0.5, 0.6) is 0 Å². The number of halogens is 1. The van der Waals surface area contributed by atoms with Gasteiger partial charge in [0.2, 0.25) is 0 Å². The molecule has 2 aromatic carbocycles. The van der Waals surface area contributed by atoms with Crippen LogP contribution < -0.4 is 10.2 Å². The number of benzene rings is 2. The van der Waals surface area contributed by atoms with Gasteiger partial charge >= 0.3 is 6.03 Å². The maximum Gasteiger partial charge on any atom is 0.335 e. The maximum absolute atomic E-state index is 12.6. The van der Waals surface area contributed by atoms with E-state index in [1.807, 2.05) is 19.1 Å². The van der Waals surface area contributed by atoms with E-state index < -0.39 is 17.8 Å². The van der Waals surface area contributed by atoms with Crippen molar-refractivity contribution in [3.63, 3.8) is 0 Å². The summed E-state index contributed by atoms with van der Waals surface area (Å²) in [6.07, 6.45) is 1.46. The Morgan fingerprint density at radius 3 is 2.21 bits per heavy atom. The predicted molar refractivity (Wildman–Crippen MR) is 91.6 cm³/mol. The van der Waals surface area contributed by atoms with Gasteiger partial charge in [0.25, 0.3) is 11.8 Å². The number of carbonyl (C=O) groups excluding carboxylic acids is 3. The van der Waals surface area contributed by atoms with Gasteiger partial charge in [0.05, 0.1) is 5.69 Å². The molecule has 0 aliphatic carbocycles. The molecule has 1 aliphatic rings. The monoisotopic (exact) mass is 340 g/mol. The van der Waals surface area contributed by atoms with Crippen molar-refractivity contribution in [1.82, 2.24) is 5.32 Å². The second kappa shape index (κ2) is 6.29. The Kier molecular flexibility index (Phi) is 4.18. The molecule has 1 N–H and O–H groups in total. The quantitative estimate of drug-likeness (QED) is 0.673. The third-order valence-corrected chi connectivity index (χ3v) is 3.83. The number of imide groups is 2. The van der Waals surface area contributed by atoms with Crippen LogP contribution in [0.1, 0.15) is 11.1 Å². The lowest BCUT2D eigenvalue weighted by Gasteiger charge is -2.26. The fourth-order valence-corrected chi connectivity index (χ4v) is 2.44. The number of amides is 4. The molecule has 0 radical (unpaired) electrons. The Morgan fingerprint density at radius 2 is 1.58 bits per heavy atom. The minimum Gasteiger partial charge on any atom is -0.273 e. The van der Waals surface area contributed by atoms with Gasteiger partial charge in [0, 0.05) is 5.02 Å². The average Bonchev–Trinajstić information content (AvgIpc) is 2.55. The zero-order chi connectivity index (χ0) is 17.3. The number of nitrogens with one attached hydrogen (secondary N) is 1. The Morgan fingerprint density at radius 1 is 0.958 bits per heavy atom. The molecule has 1 aliphatic heterocycles. The van der Waals surface area contributed by atoms with E-state index in [-0.39, 0.29) is 5.57 Å². The normalized spacial score (nSPS) is 16.5. The van der Waals surface area contributed by atoms with Crippen molar-refractivity contribution in [2.24, 2.45) is 0 Å². The summed E-state index contributed by atoms with van der Waals surface area (Å²) in [6.45, 7) is 1.94. The second-order valence-corrected chi connectivity index (χ2v) is 5.78. The van der Waals surface area contributed by atoms with Gasteiger partial charge in [-0.3, -0.25) is 14.9 Å². The highest BCUT2D eigenvalue weighted by atomic mass is 35.5. The fraction of sp³-hybridized carbons (Fsp3) is 0.0556. The summed E-state index contributed by atoms with van der Waals surface area (Å²) in [5.41, 5.74) is 2.00. The molecule has 1 fully saturated rings. The summed E-state index contributed by atoms with van der Waals surface area (Å²) in [5.74, 6) is -1.39. The van der Waals surface area contributed by atoms with Crippen LogP contribution in [0.2, 0.25) is 5.02 Å². The summed E-state index contributed by atoms with van der Waals surface area (Å²) in [5, 5.41) is 2.66. The molecule has 3 rings (SSSR count). The fourth-order valence-electron chi connectivity index (χ4n) is 2.31. The number of nitrogens with zero attached hydrogens (tertiary/aromatic N) is 1. The number of carbonyl (C=O) groups is 3. The molecule has 0 saturated carbocycles. The van der Waals surface area contributed by atoms with Gasteiger partial charge in [-0.2, -0.15) is 0 Å². The maximum atomic E-state index is 12.6. The van der Waals surface area contributed by atoms with Crippen LogP contribution in [0.25, 0.3) is 6.08 Å². The average molecular weight is 341 g/mol. The van der Waals surface area contributed by atoms with Crippen molar-refractivity contribution in [3.05, 3.63) is 70.3 Å². The topological polar surface area (TPSA) is 66.5 Å². The van der Waals surface area contributed by atoms with Crippen molar-refractivity contribution in [2.75, 3.05) is 4.90 Å². The lowest BCUT2D eigenvalue weighted by atomic mass is 10.1. The summed E-state index contributed by atoms with van der Waals surface area (Å²) in [4.78, 5) is 37.7. The number of urea groups is 1. The minimum atomic E-state index is -0.784. The zero-order valence-corrected chi connectivity index (χ0v) is 13.5. The molecule has 1 saturated heterocycles. The van der Waals surface area contributed by atoms with E-state index in [2.05, 4.69) is 5.32 Å². The van der Waals surface area contributed by atoms with Gasteiger partial charge in [0.15, 0.2) is 0 Å². The van der Waals surface area contributed by atoms with Gasteiger partial charge < -0.3 is 0 Å². The molecule has 120 valence electrons.